The number of aliphatic imine (C=N–C) groups is 1. The summed E-state index contributed by atoms with van der Waals surface area (Å²) in [6.45, 7) is 6.46. The number of nitrogens with zero attached hydrogens (tertiary/aromatic N) is 5. The van der Waals surface area contributed by atoms with Gasteiger partial charge in [0.25, 0.3) is 0 Å². The molecule has 3 atom stereocenters. The van der Waals surface area contributed by atoms with Gasteiger partial charge < -0.3 is 10.6 Å². The highest BCUT2D eigenvalue weighted by Gasteiger charge is 2.41. The number of aryl methyl sites for hydroxylation is 1. The van der Waals surface area contributed by atoms with Crippen LogP contribution in [-0.4, -0.2) is 57.8 Å². The maximum Gasteiger partial charge on any atom is 0.191 e. The Balaban J connectivity index is 1.49. The Hall–Kier alpha value is -1.56. The Kier molecular flexibility index (Phi) is 5.20. The summed E-state index contributed by atoms with van der Waals surface area (Å²) in [5, 5.41) is 4.44. The van der Waals surface area contributed by atoms with Gasteiger partial charge in [-0.2, -0.15) is 5.10 Å². The van der Waals surface area contributed by atoms with Crippen LogP contribution in [0.15, 0.2) is 17.3 Å². The van der Waals surface area contributed by atoms with Crippen molar-refractivity contribution in [3.63, 3.8) is 0 Å². The minimum Gasteiger partial charge on any atom is -0.370 e. The van der Waals surface area contributed by atoms with Crippen molar-refractivity contribution in [1.82, 2.24) is 19.6 Å². The zero-order chi connectivity index (χ0) is 18.1. The van der Waals surface area contributed by atoms with Gasteiger partial charge in [0.2, 0.25) is 0 Å². The molecule has 0 amide bonds. The minimum atomic E-state index is 0.431. The van der Waals surface area contributed by atoms with E-state index < -0.39 is 0 Å². The summed E-state index contributed by atoms with van der Waals surface area (Å²) >= 11 is 0. The van der Waals surface area contributed by atoms with E-state index >= 15 is 0 Å². The molecule has 4 rings (SSSR count). The summed E-state index contributed by atoms with van der Waals surface area (Å²) in [6.07, 6.45) is 9.66. The molecule has 2 N–H and O–H groups in total. The monoisotopic (exact) mass is 358 g/mol. The average Bonchev–Trinajstić information content (AvgIpc) is 3.41. The zero-order valence-electron chi connectivity index (χ0n) is 16.3. The van der Waals surface area contributed by atoms with Crippen molar-refractivity contribution in [1.29, 1.82) is 0 Å². The number of guanidine groups is 1. The van der Waals surface area contributed by atoms with Gasteiger partial charge in [0.05, 0.1) is 11.7 Å². The second-order valence-corrected chi connectivity index (χ2v) is 8.59. The van der Waals surface area contributed by atoms with Crippen molar-refractivity contribution in [2.24, 2.45) is 29.6 Å². The van der Waals surface area contributed by atoms with Crippen LogP contribution in [0.4, 0.5) is 0 Å². The van der Waals surface area contributed by atoms with Crippen LogP contribution in [0.3, 0.4) is 0 Å². The topological polar surface area (TPSA) is 62.7 Å². The highest BCUT2D eigenvalue weighted by atomic mass is 15.3. The summed E-state index contributed by atoms with van der Waals surface area (Å²) in [6, 6.07) is 3.39. The van der Waals surface area contributed by atoms with Crippen molar-refractivity contribution in [3.05, 3.63) is 18.0 Å². The molecule has 3 aliphatic rings. The third-order valence-electron chi connectivity index (χ3n) is 6.44. The van der Waals surface area contributed by atoms with Crippen LogP contribution >= 0.6 is 0 Å². The molecule has 6 nitrogen and oxygen atoms in total. The molecule has 1 aliphatic carbocycles. The Morgan fingerprint density at radius 3 is 2.73 bits per heavy atom. The molecule has 2 aliphatic heterocycles. The number of hydrogen-bond acceptors (Lipinski definition) is 3. The molecule has 0 aromatic carbocycles. The molecular weight excluding hydrogens is 324 g/mol. The van der Waals surface area contributed by atoms with Gasteiger partial charge in [-0.3, -0.25) is 14.6 Å². The smallest absolute Gasteiger partial charge is 0.191 e. The Morgan fingerprint density at radius 1 is 1.23 bits per heavy atom. The van der Waals surface area contributed by atoms with Gasteiger partial charge in [0, 0.05) is 38.9 Å². The molecule has 3 fully saturated rings. The van der Waals surface area contributed by atoms with Gasteiger partial charge >= 0.3 is 0 Å². The number of rotatable bonds is 4. The lowest BCUT2D eigenvalue weighted by atomic mass is 9.86. The molecule has 1 aromatic heterocycles. The maximum atomic E-state index is 6.37. The number of hydrogen-bond donors (Lipinski definition) is 1. The molecular formula is C20H34N6. The lowest BCUT2D eigenvalue weighted by Gasteiger charge is -2.41. The van der Waals surface area contributed by atoms with Gasteiger partial charge in [-0.25, -0.2) is 0 Å². The van der Waals surface area contributed by atoms with Gasteiger partial charge in [-0.15, -0.1) is 0 Å². The summed E-state index contributed by atoms with van der Waals surface area (Å²) in [4.78, 5) is 9.88. The quantitative estimate of drug-likeness (QED) is 0.663. The summed E-state index contributed by atoms with van der Waals surface area (Å²) < 4.78 is 2.05. The number of piperidine rings is 2. The molecule has 1 saturated carbocycles. The van der Waals surface area contributed by atoms with Crippen LogP contribution < -0.4 is 5.73 Å². The van der Waals surface area contributed by atoms with Crippen molar-refractivity contribution < 1.29 is 0 Å². The third kappa shape index (κ3) is 3.75. The average molecular weight is 359 g/mol. The van der Waals surface area contributed by atoms with E-state index in [9.17, 15) is 0 Å². The van der Waals surface area contributed by atoms with Gasteiger partial charge in [-0.05, 0) is 63.0 Å². The van der Waals surface area contributed by atoms with Gasteiger partial charge in [-0.1, -0.05) is 6.92 Å². The van der Waals surface area contributed by atoms with Crippen LogP contribution in [0.5, 0.6) is 0 Å². The second-order valence-electron chi connectivity index (χ2n) is 8.59. The molecule has 1 aromatic rings. The molecule has 6 heteroatoms. The SMILES string of the molecule is CC1CCCN(C(N)=NC[C@@H]2CCCN(C3CC3)[C@H]2c2ccnn2C)C1. The first-order valence-electron chi connectivity index (χ1n) is 10.4. The first-order chi connectivity index (χ1) is 12.6. The van der Waals surface area contributed by atoms with Crippen molar-refractivity contribution >= 4 is 5.96 Å². The summed E-state index contributed by atoms with van der Waals surface area (Å²) in [7, 11) is 2.07. The number of likely N-dealkylation sites (tertiary alicyclic amines) is 2. The summed E-state index contributed by atoms with van der Waals surface area (Å²) in [5.74, 6) is 2.00. The minimum absolute atomic E-state index is 0.431. The van der Waals surface area contributed by atoms with E-state index in [1.165, 1.54) is 50.8 Å². The highest BCUT2D eigenvalue weighted by molar-refractivity contribution is 5.78. The van der Waals surface area contributed by atoms with Crippen molar-refractivity contribution in [3.8, 4) is 0 Å². The van der Waals surface area contributed by atoms with Crippen molar-refractivity contribution in [2.75, 3.05) is 26.2 Å². The molecule has 3 heterocycles. The Morgan fingerprint density at radius 2 is 2.04 bits per heavy atom. The molecule has 0 radical (unpaired) electrons. The Labute approximate surface area is 157 Å². The van der Waals surface area contributed by atoms with Gasteiger partial charge in [0.15, 0.2) is 5.96 Å². The van der Waals surface area contributed by atoms with Crippen LogP contribution in [0.25, 0.3) is 0 Å². The largest absolute Gasteiger partial charge is 0.370 e. The summed E-state index contributed by atoms with van der Waals surface area (Å²) in [5.41, 5.74) is 7.71. The van der Waals surface area contributed by atoms with Crippen LogP contribution in [0, 0.1) is 11.8 Å². The standard InChI is InChI=1S/C20H34N6/c1-15-5-3-11-25(14-15)20(21)22-13-16-6-4-12-26(17-7-8-17)19(16)18-9-10-23-24(18)2/h9-10,15-17,19H,3-8,11-14H2,1-2H3,(H2,21,22)/t15?,16-,19+/m0/s1. The first kappa shape index (κ1) is 17.8. The molecule has 144 valence electrons. The van der Waals surface area contributed by atoms with Gasteiger partial charge in [0.1, 0.15) is 0 Å². The fourth-order valence-electron chi connectivity index (χ4n) is 4.90. The molecule has 26 heavy (non-hydrogen) atoms. The lowest BCUT2D eigenvalue weighted by molar-refractivity contribution is 0.0822. The number of nitrogens with two attached hydrogens (primary N) is 1. The fraction of sp³-hybridized carbons (Fsp3) is 0.800. The third-order valence-corrected chi connectivity index (χ3v) is 6.44. The Bertz CT molecular complexity index is 634. The van der Waals surface area contributed by atoms with Crippen molar-refractivity contribution in [2.45, 2.75) is 57.5 Å². The van der Waals surface area contributed by atoms with E-state index in [0.29, 0.717) is 12.0 Å². The van der Waals surface area contributed by atoms with E-state index in [1.54, 1.807) is 0 Å². The first-order valence-corrected chi connectivity index (χ1v) is 10.4. The van der Waals surface area contributed by atoms with Crippen LogP contribution in [0.2, 0.25) is 0 Å². The molecule has 1 unspecified atom stereocenters. The van der Waals surface area contributed by atoms with Crippen LogP contribution in [0.1, 0.15) is 57.2 Å². The van der Waals surface area contributed by atoms with Crippen LogP contribution in [-0.2, 0) is 7.05 Å². The van der Waals surface area contributed by atoms with E-state index in [1.807, 2.05) is 6.20 Å². The van der Waals surface area contributed by atoms with E-state index in [0.717, 1.165) is 37.6 Å². The predicted molar refractivity (Wildman–Crippen MR) is 105 cm³/mol. The fourth-order valence-corrected chi connectivity index (χ4v) is 4.90. The van der Waals surface area contributed by atoms with E-state index in [4.69, 9.17) is 10.7 Å². The highest BCUT2D eigenvalue weighted by Crippen LogP contribution is 2.42. The van der Waals surface area contributed by atoms with E-state index in [2.05, 4.69) is 39.6 Å². The second kappa shape index (κ2) is 7.59. The maximum absolute atomic E-state index is 6.37. The normalized spacial score (nSPS) is 31.4. The van der Waals surface area contributed by atoms with E-state index in [-0.39, 0.29) is 0 Å². The lowest BCUT2D eigenvalue weighted by Crippen LogP contribution is -2.45. The molecule has 2 saturated heterocycles. The molecule has 0 spiro atoms. The number of aromatic nitrogens is 2. The predicted octanol–water partition coefficient (Wildman–Crippen LogP) is 2.38. The molecule has 0 bridgehead atoms. The zero-order valence-corrected chi connectivity index (χ0v) is 16.3.